The summed E-state index contributed by atoms with van der Waals surface area (Å²) >= 11 is 0. The van der Waals surface area contributed by atoms with Crippen LogP contribution in [-0.4, -0.2) is 29.6 Å². The molecule has 12 heavy (non-hydrogen) atoms. The third-order valence-corrected chi connectivity index (χ3v) is 2.16. The number of aliphatic hydroxyl groups is 1. The Morgan fingerprint density at radius 3 is 2.50 bits per heavy atom. The van der Waals surface area contributed by atoms with E-state index < -0.39 is 0 Å². The van der Waals surface area contributed by atoms with Gasteiger partial charge in [0.15, 0.2) is 0 Å². The number of benzene rings is 1. The van der Waals surface area contributed by atoms with Crippen LogP contribution in [0.15, 0.2) is 30.3 Å². The van der Waals surface area contributed by atoms with E-state index >= 15 is 0 Å². The Hall–Kier alpha value is -0.860. The zero-order valence-electron chi connectivity index (χ0n) is 6.98. The first-order valence-corrected chi connectivity index (χ1v) is 4.31. The fraction of sp³-hybridized carbons (Fsp3) is 0.400. The van der Waals surface area contributed by atoms with Gasteiger partial charge in [-0.2, -0.15) is 0 Å². The summed E-state index contributed by atoms with van der Waals surface area (Å²) in [5.74, 6) is 0. The van der Waals surface area contributed by atoms with Crippen LogP contribution in [0.1, 0.15) is 11.7 Å². The van der Waals surface area contributed by atoms with Gasteiger partial charge in [0.25, 0.3) is 0 Å². The molecule has 2 heteroatoms. The van der Waals surface area contributed by atoms with Gasteiger partial charge in [0.2, 0.25) is 0 Å². The van der Waals surface area contributed by atoms with Crippen molar-refractivity contribution in [3.8, 4) is 0 Å². The Balaban J connectivity index is 1.98. The van der Waals surface area contributed by atoms with Crippen molar-refractivity contribution in [2.24, 2.45) is 0 Å². The molecule has 1 fully saturated rings. The lowest BCUT2D eigenvalue weighted by atomic mass is 10.1. The molecule has 0 amide bonds. The minimum Gasteiger partial charge on any atom is -0.387 e. The minimum atomic E-state index is -0.311. The molecule has 2 rings (SSSR count). The number of nitrogens with zero attached hydrogens (tertiary/aromatic N) is 1. The first-order valence-electron chi connectivity index (χ1n) is 4.31. The fourth-order valence-electron chi connectivity index (χ4n) is 1.28. The third kappa shape index (κ3) is 1.84. The Morgan fingerprint density at radius 1 is 1.25 bits per heavy atom. The molecule has 0 spiro atoms. The molecule has 0 aromatic heterocycles. The molecule has 1 aromatic rings. The van der Waals surface area contributed by atoms with Crippen LogP contribution in [0.3, 0.4) is 0 Å². The Labute approximate surface area is 72.4 Å². The van der Waals surface area contributed by atoms with E-state index in [1.807, 2.05) is 30.3 Å². The molecule has 1 N–H and O–H groups in total. The first-order chi connectivity index (χ1) is 5.86. The molecule has 64 valence electrons. The van der Waals surface area contributed by atoms with Crippen LogP contribution in [0.2, 0.25) is 0 Å². The Kier molecular flexibility index (Phi) is 2.11. The zero-order chi connectivity index (χ0) is 8.39. The second-order valence-corrected chi connectivity index (χ2v) is 3.23. The van der Waals surface area contributed by atoms with E-state index in [-0.39, 0.29) is 6.10 Å². The Bertz CT molecular complexity index is 243. The van der Waals surface area contributed by atoms with Gasteiger partial charge in [-0.1, -0.05) is 30.3 Å². The topological polar surface area (TPSA) is 23.2 Å². The van der Waals surface area contributed by atoms with Crippen molar-refractivity contribution in [1.82, 2.24) is 4.90 Å². The first kappa shape index (κ1) is 7.77. The van der Waals surface area contributed by atoms with E-state index in [0.717, 1.165) is 25.2 Å². The van der Waals surface area contributed by atoms with E-state index in [0.29, 0.717) is 0 Å². The predicted octanol–water partition coefficient (Wildman–Crippen LogP) is 1.04. The summed E-state index contributed by atoms with van der Waals surface area (Å²) in [6.07, 6.45) is -0.311. The highest BCUT2D eigenvalue weighted by atomic mass is 16.3. The highest BCUT2D eigenvalue weighted by Crippen LogP contribution is 2.16. The summed E-state index contributed by atoms with van der Waals surface area (Å²) in [5, 5.41) is 9.69. The van der Waals surface area contributed by atoms with Crippen LogP contribution in [0.4, 0.5) is 0 Å². The zero-order valence-corrected chi connectivity index (χ0v) is 6.98. The van der Waals surface area contributed by atoms with E-state index in [2.05, 4.69) is 4.90 Å². The van der Waals surface area contributed by atoms with Gasteiger partial charge in [-0.15, -0.1) is 0 Å². The van der Waals surface area contributed by atoms with Crippen LogP contribution >= 0.6 is 0 Å². The maximum absolute atomic E-state index is 9.69. The average Bonchev–Trinajstić information content (AvgIpc) is 2.90. The number of β-amino-alcohol motifs (C(OH)–C–C–N with tert-alkyl or cyclic N) is 1. The number of hydrogen-bond donors (Lipinski definition) is 1. The van der Waals surface area contributed by atoms with E-state index in [1.165, 1.54) is 0 Å². The van der Waals surface area contributed by atoms with Crippen molar-refractivity contribution in [2.75, 3.05) is 19.6 Å². The van der Waals surface area contributed by atoms with E-state index in [1.54, 1.807) is 0 Å². The smallest absolute Gasteiger partial charge is 0.0916 e. The van der Waals surface area contributed by atoms with Crippen LogP contribution in [-0.2, 0) is 0 Å². The molecule has 0 radical (unpaired) electrons. The monoisotopic (exact) mass is 163 g/mol. The summed E-state index contributed by atoms with van der Waals surface area (Å²) in [7, 11) is 0. The van der Waals surface area contributed by atoms with Gasteiger partial charge >= 0.3 is 0 Å². The highest BCUT2D eigenvalue weighted by molar-refractivity contribution is 5.17. The standard InChI is InChI=1S/C10H13NO/c12-10(8-11-6-7-11)9-4-2-1-3-5-9/h1-5,10,12H,6-8H2/t10-/m0/s1. The quantitative estimate of drug-likeness (QED) is 0.673. The molecule has 1 aromatic carbocycles. The average molecular weight is 163 g/mol. The van der Waals surface area contributed by atoms with Crippen LogP contribution in [0.5, 0.6) is 0 Å². The normalized spacial score (nSPS) is 19.1. The highest BCUT2D eigenvalue weighted by Gasteiger charge is 2.21. The summed E-state index contributed by atoms with van der Waals surface area (Å²) in [6.45, 7) is 3.07. The molecule has 0 aliphatic carbocycles. The SMILES string of the molecule is O[C@@H](CN1CC1)c1ccccc1. The van der Waals surface area contributed by atoms with Gasteiger partial charge in [-0.05, 0) is 5.56 Å². The molecule has 1 heterocycles. The predicted molar refractivity (Wildman–Crippen MR) is 47.8 cm³/mol. The lowest BCUT2D eigenvalue weighted by Crippen LogP contribution is -2.10. The van der Waals surface area contributed by atoms with Crippen molar-refractivity contribution in [2.45, 2.75) is 6.10 Å². The van der Waals surface area contributed by atoms with E-state index in [9.17, 15) is 5.11 Å². The molecule has 1 saturated heterocycles. The molecular weight excluding hydrogens is 150 g/mol. The van der Waals surface area contributed by atoms with Crippen molar-refractivity contribution in [1.29, 1.82) is 0 Å². The number of hydrogen-bond acceptors (Lipinski definition) is 2. The minimum absolute atomic E-state index is 0.311. The Morgan fingerprint density at radius 2 is 1.92 bits per heavy atom. The molecule has 0 unspecified atom stereocenters. The fourth-order valence-corrected chi connectivity index (χ4v) is 1.28. The lowest BCUT2D eigenvalue weighted by molar-refractivity contribution is 0.156. The van der Waals surface area contributed by atoms with Gasteiger partial charge in [-0.3, -0.25) is 4.90 Å². The van der Waals surface area contributed by atoms with Gasteiger partial charge in [0.05, 0.1) is 6.10 Å². The summed E-state index contributed by atoms with van der Waals surface area (Å²) in [5.41, 5.74) is 1.02. The van der Waals surface area contributed by atoms with Crippen LogP contribution in [0, 0.1) is 0 Å². The third-order valence-electron chi connectivity index (χ3n) is 2.16. The van der Waals surface area contributed by atoms with Crippen LogP contribution in [0.25, 0.3) is 0 Å². The van der Waals surface area contributed by atoms with Crippen LogP contribution < -0.4 is 0 Å². The van der Waals surface area contributed by atoms with E-state index in [4.69, 9.17) is 0 Å². The van der Waals surface area contributed by atoms with Crippen molar-refractivity contribution < 1.29 is 5.11 Å². The molecule has 0 bridgehead atoms. The van der Waals surface area contributed by atoms with Gasteiger partial charge < -0.3 is 5.11 Å². The number of aliphatic hydroxyl groups excluding tert-OH is 1. The molecule has 1 aliphatic heterocycles. The molecule has 1 aliphatic rings. The van der Waals surface area contributed by atoms with Crippen molar-refractivity contribution in [3.05, 3.63) is 35.9 Å². The van der Waals surface area contributed by atoms with Gasteiger partial charge in [0.1, 0.15) is 0 Å². The van der Waals surface area contributed by atoms with Crippen molar-refractivity contribution >= 4 is 0 Å². The van der Waals surface area contributed by atoms with Crippen molar-refractivity contribution in [3.63, 3.8) is 0 Å². The molecular formula is C10H13NO. The van der Waals surface area contributed by atoms with Gasteiger partial charge in [0, 0.05) is 19.6 Å². The largest absolute Gasteiger partial charge is 0.387 e. The lowest BCUT2D eigenvalue weighted by Gasteiger charge is -2.10. The maximum Gasteiger partial charge on any atom is 0.0916 e. The van der Waals surface area contributed by atoms with Gasteiger partial charge in [-0.25, -0.2) is 0 Å². The molecule has 2 nitrogen and oxygen atoms in total. The maximum atomic E-state index is 9.69. The molecule has 0 saturated carbocycles. The summed E-state index contributed by atoms with van der Waals surface area (Å²) < 4.78 is 0. The molecule has 1 atom stereocenters. The summed E-state index contributed by atoms with van der Waals surface area (Å²) in [6, 6.07) is 9.82. The number of rotatable bonds is 3. The second kappa shape index (κ2) is 3.25. The summed E-state index contributed by atoms with van der Waals surface area (Å²) in [4.78, 5) is 2.22. The second-order valence-electron chi connectivity index (χ2n) is 3.23.